The molecule has 1 aliphatic carbocycles. The molecule has 0 amide bonds. The van der Waals surface area contributed by atoms with Crippen molar-refractivity contribution in [2.45, 2.75) is 57.9 Å². The molecule has 6 nitrogen and oxygen atoms in total. The molecule has 1 aliphatic rings. The zero-order valence-electron chi connectivity index (χ0n) is 20.8. The van der Waals surface area contributed by atoms with Gasteiger partial charge in [-0.1, -0.05) is 60.7 Å². The van der Waals surface area contributed by atoms with Crippen LogP contribution < -0.4 is 4.90 Å². The highest BCUT2D eigenvalue weighted by Crippen LogP contribution is 2.31. The molecule has 186 valence electrons. The molecule has 1 fully saturated rings. The van der Waals surface area contributed by atoms with Gasteiger partial charge in [0.05, 0.1) is 31.2 Å². The van der Waals surface area contributed by atoms with E-state index in [0.29, 0.717) is 24.9 Å². The number of hydrogen-bond donors (Lipinski definition) is 0. The molecule has 0 saturated heterocycles. The van der Waals surface area contributed by atoms with Crippen LogP contribution in [-0.4, -0.2) is 34.1 Å². The Morgan fingerprint density at radius 3 is 2.50 bits per heavy atom. The minimum absolute atomic E-state index is 0.217. The number of benzene rings is 2. The molecular formula is C30H33N3O3. The summed E-state index contributed by atoms with van der Waals surface area (Å²) in [5, 5.41) is 0. The first-order valence-corrected chi connectivity index (χ1v) is 12.8. The first-order chi connectivity index (χ1) is 17.7. The van der Waals surface area contributed by atoms with E-state index in [0.717, 1.165) is 43.6 Å². The lowest BCUT2D eigenvalue weighted by atomic mass is 9.91. The van der Waals surface area contributed by atoms with Crippen LogP contribution in [0.3, 0.4) is 0 Å². The van der Waals surface area contributed by atoms with Crippen LogP contribution in [0.25, 0.3) is 5.65 Å². The molecule has 0 aliphatic heterocycles. The van der Waals surface area contributed by atoms with Crippen molar-refractivity contribution in [2.75, 3.05) is 11.5 Å². The van der Waals surface area contributed by atoms with Crippen LogP contribution in [0, 0.1) is 0 Å². The molecule has 2 heterocycles. The maximum absolute atomic E-state index is 12.5. The third-order valence-corrected chi connectivity index (χ3v) is 6.87. The number of pyridine rings is 1. The third-order valence-electron chi connectivity index (χ3n) is 6.87. The molecule has 36 heavy (non-hydrogen) atoms. The number of rotatable bonds is 9. The molecular weight excluding hydrogens is 450 g/mol. The summed E-state index contributed by atoms with van der Waals surface area (Å²) in [6.07, 6.45) is 8.09. The van der Waals surface area contributed by atoms with Crippen molar-refractivity contribution in [3.63, 3.8) is 0 Å². The number of hydrogen-bond acceptors (Lipinski definition) is 5. The Kier molecular flexibility index (Phi) is 7.62. The molecule has 2 unspecified atom stereocenters. The predicted octanol–water partition coefficient (Wildman–Crippen LogP) is 6.05. The monoisotopic (exact) mass is 483 g/mol. The lowest BCUT2D eigenvalue weighted by molar-refractivity contribution is 0.0112. The molecule has 2 atom stereocenters. The quantitative estimate of drug-likeness (QED) is 0.272. The average molecular weight is 484 g/mol. The predicted molar refractivity (Wildman–Crippen MR) is 141 cm³/mol. The fraction of sp³-hybridized carbons (Fsp3) is 0.333. The van der Waals surface area contributed by atoms with Crippen molar-refractivity contribution in [3.05, 3.63) is 102 Å². The Bertz CT molecular complexity index is 1270. The van der Waals surface area contributed by atoms with E-state index in [-0.39, 0.29) is 12.1 Å². The summed E-state index contributed by atoms with van der Waals surface area (Å²) in [6, 6.07) is 25.3. The number of esters is 1. The van der Waals surface area contributed by atoms with E-state index in [9.17, 15) is 4.79 Å². The van der Waals surface area contributed by atoms with Crippen molar-refractivity contribution in [2.24, 2.45) is 0 Å². The second-order valence-corrected chi connectivity index (χ2v) is 9.33. The van der Waals surface area contributed by atoms with Gasteiger partial charge in [0.2, 0.25) is 0 Å². The number of imidazole rings is 1. The molecule has 0 bridgehead atoms. The van der Waals surface area contributed by atoms with Crippen molar-refractivity contribution < 1.29 is 14.3 Å². The number of nitrogens with zero attached hydrogens (tertiary/aromatic N) is 3. The first kappa shape index (κ1) is 24.1. The van der Waals surface area contributed by atoms with Crippen LogP contribution in [-0.2, 0) is 22.6 Å². The van der Waals surface area contributed by atoms with Crippen LogP contribution in [0.5, 0.6) is 0 Å². The van der Waals surface area contributed by atoms with E-state index in [4.69, 9.17) is 9.47 Å². The highest BCUT2D eigenvalue weighted by atomic mass is 16.5. The fourth-order valence-corrected chi connectivity index (χ4v) is 5.05. The molecule has 4 aromatic rings. The van der Waals surface area contributed by atoms with Crippen LogP contribution >= 0.6 is 0 Å². The molecule has 6 heteroatoms. The average Bonchev–Trinajstić information content (AvgIpc) is 3.35. The maximum atomic E-state index is 12.5. The smallest absolute Gasteiger partial charge is 0.356 e. The van der Waals surface area contributed by atoms with Crippen LogP contribution in [0.1, 0.15) is 54.2 Å². The lowest BCUT2D eigenvalue weighted by Crippen LogP contribution is -2.40. The van der Waals surface area contributed by atoms with Gasteiger partial charge in [-0.2, -0.15) is 0 Å². The minimum Gasteiger partial charge on any atom is -0.461 e. The molecule has 1 saturated carbocycles. The lowest BCUT2D eigenvalue weighted by Gasteiger charge is -2.39. The van der Waals surface area contributed by atoms with Gasteiger partial charge in [-0.05, 0) is 55.9 Å². The summed E-state index contributed by atoms with van der Waals surface area (Å²) in [7, 11) is 0. The summed E-state index contributed by atoms with van der Waals surface area (Å²) in [6.45, 7) is 3.57. The zero-order valence-corrected chi connectivity index (χ0v) is 20.8. The minimum atomic E-state index is -0.358. The van der Waals surface area contributed by atoms with Crippen molar-refractivity contribution in [1.29, 1.82) is 0 Å². The van der Waals surface area contributed by atoms with E-state index < -0.39 is 0 Å². The normalized spacial score (nSPS) is 17.7. The van der Waals surface area contributed by atoms with Gasteiger partial charge in [0.15, 0.2) is 5.69 Å². The summed E-state index contributed by atoms with van der Waals surface area (Å²) in [5.74, 6) is -0.358. The first-order valence-electron chi connectivity index (χ1n) is 12.8. The number of ether oxygens (including phenoxy) is 2. The topological polar surface area (TPSA) is 56.1 Å². The van der Waals surface area contributed by atoms with Crippen molar-refractivity contribution in [3.8, 4) is 0 Å². The van der Waals surface area contributed by atoms with Crippen molar-refractivity contribution >= 4 is 17.3 Å². The zero-order chi connectivity index (χ0) is 24.7. The maximum Gasteiger partial charge on any atom is 0.356 e. The Hall–Kier alpha value is -3.64. The Balaban J connectivity index is 1.41. The summed E-state index contributed by atoms with van der Waals surface area (Å²) >= 11 is 0. The summed E-state index contributed by atoms with van der Waals surface area (Å²) < 4.78 is 13.5. The van der Waals surface area contributed by atoms with Crippen molar-refractivity contribution in [1.82, 2.24) is 9.38 Å². The van der Waals surface area contributed by atoms with E-state index in [2.05, 4.69) is 64.5 Å². The van der Waals surface area contributed by atoms with Crippen LogP contribution in [0.4, 0.5) is 5.69 Å². The van der Waals surface area contributed by atoms with Gasteiger partial charge in [-0.25, -0.2) is 9.78 Å². The molecule has 5 rings (SSSR count). The van der Waals surface area contributed by atoms with Crippen LogP contribution in [0.15, 0.2) is 85.2 Å². The number of aromatic nitrogens is 2. The van der Waals surface area contributed by atoms with Gasteiger partial charge in [0, 0.05) is 18.8 Å². The molecule has 0 radical (unpaired) electrons. The third kappa shape index (κ3) is 5.60. The standard InChI is InChI=1S/C30H33N3O3/c1-2-35-30(34)28-19-31-29-17-16-26(21-33(28)29)32(20-23-10-5-3-6-11-23)25-14-9-15-27(18-25)36-22-24-12-7-4-8-13-24/h3-8,10-13,16-17,19,21,25,27H,2,9,14-15,18,20,22H2,1H3. The number of carbonyl (C=O) groups excluding carboxylic acids is 1. The van der Waals surface area contributed by atoms with Gasteiger partial charge in [0.1, 0.15) is 5.65 Å². The number of carbonyl (C=O) groups is 1. The number of fused-ring (bicyclic) bond motifs is 1. The fourth-order valence-electron chi connectivity index (χ4n) is 5.05. The van der Waals surface area contributed by atoms with Gasteiger partial charge in [-0.3, -0.25) is 4.40 Å². The van der Waals surface area contributed by atoms with E-state index in [1.165, 1.54) is 11.1 Å². The van der Waals surface area contributed by atoms with Gasteiger partial charge < -0.3 is 14.4 Å². The summed E-state index contributed by atoms with van der Waals surface area (Å²) in [5.41, 5.74) is 4.69. The Labute approximate surface area is 212 Å². The highest BCUT2D eigenvalue weighted by Gasteiger charge is 2.28. The Morgan fingerprint density at radius 2 is 1.75 bits per heavy atom. The van der Waals surface area contributed by atoms with E-state index in [1.807, 2.05) is 35.7 Å². The molecule has 2 aromatic carbocycles. The Morgan fingerprint density at radius 1 is 1.00 bits per heavy atom. The summed E-state index contributed by atoms with van der Waals surface area (Å²) in [4.78, 5) is 19.4. The second-order valence-electron chi connectivity index (χ2n) is 9.33. The number of anilines is 1. The molecule has 2 aromatic heterocycles. The van der Waals surface area contributed by atoms with Crippen LogP contribution in [0.2, 0.25) is 0 Å². The molecule has 0 spiro atoms. The second kappa shape index (κ2) is 11.4. The highest BCUT2D eigenvalue weighted by molar-refractivity contribution is 5.88. The van der Waals surface area contributed by atoms with Gasteiger partial charge in [0.25, 0.3) is 0 Å². The SMILES string of the molecule is CCOC(=O)c1cnc2ccc(N(Cc3ccccc3)C3CCCC(OCc4ccccc4)C3)cn12. The molecule has 0 N–H and O–H groups in total. The van der Waals surface area contributed by atoms with E-state index in [1.54, 1.807) is 6.20 Å². The van der Waals surface area contributed by atoms with Gasteiger partial charge in [-0.15, -0.1) is 0 Å². The van der Waals surface area contributed by atoms with E-state index >= 15 is 0 Å². The largest absolute Gasteiger partial charge is 0.461 e. The van der Waals surface area contributed by atoms with Gasteiger partial charge >= 0.3 is 5.97 Å².